The zero-order chi connectivity index (χ0) is 15.3. The number of aromatic nitrogens is 1. The van der Waals surface area contributed by atoms with Crippen LogP contribution in [0.4, 0.5) is 4.79 Å². The molecular weight excluding hydrogens is 282 g/mol. The van der Waals surface area contributed by atoms with E-state index in [1.165, 1.54) is 10.2 Å². The summed E-state index contributed by atoms with van der Waals surface area (Å²) in [5, 5.41) is 8.12. The molecule has 7 nitrogen and oxygen atoms in total. The van der Waals surface area contributed by atoms with E-state index in [1.54, 1.807) is 6.20 Å². The van der Waals surface area contributed by atoms with Gasteiger partial charge in [-0.3, -0.25) is 0 Å². The zero-order valence-corrected chi connectivity index (χ0v) is 12.0. The van der Waals surface area contributed by atoms with Crippen molar-refractivity contribution < 1.29 is 4.79 Å². The second-order valence-electron chi connectivity index (χ2n) is 5.96. The molecule has 1 aromatic heterocycles. The van der Waals surface area contributed by atoms with E-state index in [-0.39, 0.29) is 0 Å². The highest BCUT2D eigenvalue weighted by Crippen LogP contribution is 2.41. The van der Waals surface area contributed by atoms with Crippen LogP contribution in [0.25, 0.3) is 10.9 Å². The zero-order valence-electron chi connectivity index (χ0n) is 12.0. The molecule has 2 aliphatic rings. The van der Waals surface area contributed by atoms with Gasteiger partial charge in [-0.1, -0.05) is 17.3 Å². The molecule has 0 spiro atoms. The lowest BCUT2D eigenvalue weighted by Gasteiger charge is -2.36. The first-order valence-corrected chi connectivity index (χ1v) is 7.50. The highest BCUT2D eigenvalue weighted by Gasteiger charge is 2.34. The molecule has 0 radical (unpaired) electrons. The van der Waals surface area contributed by atoms with Crippen LogP contribution in [-0.4, -0.2) is 23.3 Å². The molecule has 3 N–H and O–H groups in total. The number of nitrogens with two attached hydrogens (primary N) is 1. The van der Waals surface area contributed by atoms with Crippen LogP contribution in [0.2, 0.25) is 0 Å². The number of piperidine rings is 1. The Hall–Kier alpha value is -2.41. The predicted octanol–water partition coefficient (Wildman–Crippen LogP) is 1.73. The lowest BCUT2D eigenvalue weighted by molar-refractivity contribution is 0.249. The predicted molar refractivity (Wildman–Crippen MR) is 83.0 cm³/mol. The first kappa shape index (κ1) is 13.3. The van der Waals surface area contributed by atoms with Crippen LogP contribution in [0.5, 0.6) is 0 Å². The summed E-state index contributed by atoms with van der Waals surface area (Å²) in [6, 6.07) is 5.51. The number of fused-ring (bicyclic) bond motifs is 2. The Balaban J connectivity index is 1.93. The summed E-state index contributed by atoms with van der Waals surface area (Å²) >= 11 is 0. The van der Waals surface area contributed by atoms with Crippen LogP contribution >= 0.6 is 0 Å². The number of primary amides is 1. The molecule has 1 fully saturated rings. The van der Waals surface area contributed by atoms with Gasteiger partial charge in [0.1, 0.15) is 0 Å². The molecule has 0 bridgehead atoms. The number of hydrogen-bond donors (Lipinski definition) is 2. The summed E-state index contributed by atoms with van der Waals surface area (Å²) in [6.45, 7) is 1.04. The van der Waals surface area contributed by atoms with Gasteiger partial charge in [-0.2, -0.15) is 0 Å². The highest BCUT2D eigenvalue weighted by atomic mass is 16.3. The molecule has 0 saturated carbocycles. The van der Waals surface area contributed by atoms with Gasteiger partial charge >= 0.3 is 6.03 Å². The second-order valence-corrected chi connectivity index (χ2v) is 5.96. The Morgan fingerprint density at radius 3 is 3.09 bits per heavy atom. The molecule has 114 valence electrons. The third kappa shape index (κ3) is 1.75. The largest absolute Gasteiger partial charge is 0.358 e. The number of nitrogens with one attached hydrogen (secondary N) is 1. The molecular formula is C15H17N5O2. The van der Waals surface area contributed by atoms with Gasteiger partial charge in [0.25, 0.3) is 0 Å². The number of rotatable bonds is 2. The number of urea groups is 1. The van der Waals surface area contributed by atoms with E-state index in [1.807, 2.05) is 12.1 Å². The molecule has 2 aromatic rings. The van der Waals surface area contributed by atoms with Crippen molar-refractivity contribution in [1.82, 2.24) is 9.99 Å². The highest BCUT2D eigenvalue weighted by molar-refractivity contribution is 5.92. The van der Waals surface area contributed by atoms with Crippen molar-refractivity contribution in [3.05, 3.63) is 40.4 Å². The van der Waals surface area contributed by atoms with E-state index in [2.05, 4.69) is 16.7 Å². The number of amides is 2. The fourth-order valence-corrected chi connectivity index (χ4v) is 3.96. The topological polar surface area (TPSA) is 92.7 Å². The second kappa shape index (κ2) is 4.81. The van der Waals surface area contributed by atoms with Crippen molar-refractivity contribution >= 4 is 16.9 Å². The number of benzene rings is 1. The SMILES string of the molecule is NC(=O)N(N=O)n1cc2c3c(cccc31)[C@H]1CCCN[C@@H]1C2. The van der Waals surface area contributed by atoms with Crippen LogP contribution in [0.1, 0.15) is 29.9 Å². The average Bonchev–Trinajstić information content (AvgIpc) is 2.88. The molecule has 2 amide bonds. The molecule has 1 saturated heterocycles. The molecule has 7 heteroatoms. The third-order valence-corrected chi connectivity index (χ3v) is 4.82. The summed E-state index contributed by atoms with van der Waals surface area (Å²) < 4.78 is 1.46. The van der Waals surface area contributed by atoms with Crippen LogP contribution in [0, 0.1) is 4.91 Å². The van der Waals surface area contributed by atoms with Crippen LogP contribution in [0.15, 0.2) is 29.7 Å². The summed E-state index contributed by atoms with van der Waals surface area (Å²) in [6.07, 6.45) is 5.01. The maximum absolute atomic E-state index is 11.4. The minimum Gasteiger partial charge on any atom is -0.348 e. The van der Waals surface area contributed by atoms with Gasteiger partial charge in [0.2, 0.25) is 0 Å². The Morgan fingerprint density at radius 1 is 1.45 bits per heavy atom. The van der Waals surface area contributed by atoms with Crippen molar-refractivity contribution in [2.24, 2.45) is 11.0 Å². The van der Waals surface area contributed by atoms with Crippen molar-refractivity contribution in [2.45, 2.75) is 31.2 Å². The lowest BCUT2D eigenvalue weighted by atomic mass is 9.76. The van der Waals surface area contributed by atoms with Crippen molar-refractivity contribution in [3.63, 3.8) is 0 Å². The summed E-state index contributed by atoms with van der Waals surface area (Å²) in [5.41, 5.74) is 8.46. The van der Waals surface area contributed by atoms with Crippen molar-refractivity contribution in [3.8, 4) is 0 Å². The molecule has 4 rings (SSSR count). The van der Waals surface area contributed by atoms with E-state index < -0.39 is 6.03 Å². The van der Waals surface area contributed by atoms with Gasteiger partial charge in [-0.05, 0) is 43.0 Å². The monoisotopic (exact) mass is 299 g/mol. The maximum Gasteiger partial charge on any atom is 0.358 e. The van der Waals surface area contributed by atoms with E-state index in [9.17, 15) is 9.70 Å². The normalized spacial score (nSPS) is 23.1. The Bertz CT molecular complexity index is 769. The van der Waals surface area contributed by atoms with Gasteiger partial charge in [0, 0.05) is 23.5 Å². The molecule has 22 heavy (non-hydrogen) atoms. The Labute approximate surface area is 127 Å². The minimum absolute atomic E-state index is 0.411. The van der Waals surface area contributed by atoms with Gasteiger partial charge < -0.3 is 11.1 Å². The molecule has 1 aromatic carbocycles. The van der Waals surface area contributed by atoms with Gasteiger partial charge in [0.15, 0.2) is 0 Å². The minimum atomic E-state index is -0.890. The van der Waals surface area contributed by atoms with Crippen LogP contribution < -0.4 is 16.2 Å². The first-order valence-electron chi connectivity index (χ1n) is 7.50. The molecule has 2 atom stereocenters. The Morgan fingerprint density at radius 2 is 2.32 bits per heavy atom. The fourth-order valence-electron chi connectivity index (χ4n) is 3.96. The average molecular weight is 299 g/mol. The summed E-state index contributed by atoms with van der Waals surface area (Å²) in [4.78, 5) is 22.4. The fraction of sp³-hybridized carbons (Fsp3) is 0.400. The van der Waals surface area contributed by atoms with E-state index in [0.717, 1.165) is 42.3 Å². The van der Waals surface area contributed by atoms with Crippen molar-refractivity contribution in [1.29, 1.82) is 0 Å². The van der Waals surface area contributed by atoms with E-state index in [0.29, 0.717) is 17.1 Å². The lowest BCUT2D eigenvalue weighted by Crippen LogP contribution is -2.43. The smallest absolute Gasteiger partial charge is 0.348 e. The van der Waals surface area contributed by atoms with E-state index in [4.69, 9.17) is 5.73 Å². The molecule has 1 aliphatic carbocycles. The molecule has 0 unspecified atom stereocenters. The number of hydrogen-bond acceptors (Lipinski definition) is 4. The standard InChI is InChI=1S/C15H17N5O2/c16-15(21)20(18-22)19-8-9-7-12-10(4-2-6-17-12)11-3-1-5-13(19)14(9)11/h1,3,5,8,10,12,17H,2,4,6-7H2,(H2,16,21)/t10-,12-/m1/s1. The van der Waals surface area contributed by atoms with Gasteiger partial charge in [-0.15, -0.1) is 4.91 Å². The number of nitrogens with zero attached hydrogens (tertiary/aromatic N) is 3. The van der Waals surface area contributed by atoms with E-state index >= 15 is 0 Å². The van der Waals surface area contributed by atoms with Gasteiger partial charge in [-0.25, -0.2) is 9.47 Å². The first-order chi connectivity index (χ1) is 10.7. The van der Waals surface area contributed by atoms with Crippen molar-refractivity contribution in [2.75, 3.05) is 11.7 Å². The quantitative estimate of drug-likeness (QED) is 0.653. The summed E-state index contributed by atoms with van der Waals surface area (Å²) in [7, 11) is 0. The van der Waals surface area contributed by atoms with Crippen LogP contribution in [0.3, 0.4) is 0 Å². The molecule has 2 heterocycles. The van der Waals surface area contributed by atoms with Gasteiger partial charge in [0.05, 0.1) is 10.8 Å². The molecule has 1 aliphatic heterocycles. The maximum atomic E-state index is 11.4. The summed E-state index contributed by atoms with van der Waals surface area (Å²) in [5.74, 6) is 0.479. The van der Waals surface area contributed by atoms with Crippen LogP contribution in [-0.2, 0) is 6.42 Å². The third-order valence-electron chi connectivity index (χ3n) is 4.82. The number of carbonyl (C=O) groups excluding carboxylic acids is 1. The number of nitroso groups, excluding NO2 is 1. The number of carbonyl (C=O) groups is 1. The Kier molecular flexibility index (Phi) is 2.90.